The topological polar surface area (TPSA) is 55.8 Å². The number of carbonyl (C=O) groups excluding carboxylic acids is 1. The molecule has 1 aromatic rings. The Balaban J connectivity index is 2.82. The van der Waals surface area contributed by atoms with Crippen molar-refractivity contribution in [2.24, 2.45) is 0 Å². The highest BCUT2D eigenvalue weighted by Crippen LogP contribution is 2.27. The molecule has 20 heavy (non-hydrogen) atoms. The normalized spacial score (nSPS) is 13.1. The number of methoxy groups -OCH3 is 1. The van der Waals surface area contributed by atoms with Gasteiger partial charge in [0.25, 0.3) is 0 Å². The number of hydrogen-bond donors (Lipinski definition) is 1. The van der Waals surface area contributed by atoms with Crippen molar-refractivity contribution in [2.75, 3.05) is 13.7 Å². The molecule has 0 aromatic heterocycles. The monoisotopic (exact) mass is 296 g/mol. The van der Waals surface area contributed by atoms with Crippen LogP contribution in [0.25, 0.3) is 0 Å². The molecule has 0 spiro atoms. The van der Waals surface area contributed by atoms with Gasteiger partial charge in [0.1, 0.15) is 0 Å². The maximum atomic E-state index is 13.0. The summed E-state index contributed by atoms with van der Waals surface area (Å²) in [5.74, 6) is -3.17. The van der Waals surface area contributed by atoms with E-state index in [1.807, 2.05) is 0 Å². The zero-order chi connectivity index (χ0) is 15.3. The molecule has 1 aromatic carbocycles. The number of hydrogen-bond acceptors (Lipinski definition) is 4. The summed E-state index contributed by atoms with van der Waals surface area (Å²) < 4.78 is 59.7. The van der Waals surface area contributed by atoms with Crippen molar-refractivity contribution in [1.82, 2.24) is 0 Å². The molecule has 0 saturated carbocycles. The lowest BCUT2D eigenvalue weighted by atomic mass is 10.2. The zero-order valence-electron chi connectivity index (χ0n) is 10.4. The second-order valence-corrected chi connectivity index (χ2v) is 3.88. The van der Waals surface area contributed by atoms with E-state index in [0.717, 1.165) is 12.1 Å². The number of rotatable bonds is 5. The van der Waals surface area contributed by atoms with Crippen LogP contribution in [-0.4, -0.2) is 37.1 Å². The van der Waals surface area contributed by atoms with E-state index < -0.39 is 41.8 Å². The quantitative estimate of drug-likeness (QED) is 0.670. The lowest BCUT2D eigenvalue weighted by molar-refractivity contribution is -0.208. The predicted molar refractivity (Wildman–Crippen MR) is 59.8 cm³/mol. The Hall–Kier alpha value is -1.83. The summed E-state index contributed by atoms with van der Waals surface area (Å²) in [5, 5.41) is 8.93. The van der Waals surface area contributed by atoms with E-state index in [-0.39, 0.29) is 6.61 Å². The fraction of sp³-hybridized carbons (Fsp3) is 0.417. The minimum atomic E-state index is -4.75. The summed E-state index contributed by atoms with van der Waals surface area (Å²) in [6, 6.07) is 2.41. The Morgan fingerprint density at radius 2 is 2.05 bits per heavy atom. The Bertz CT molecular complexity index is 473. The van der Waals surface area contributed by atoms with Crippen molar-refractivity contribution in [1.29, 1.82) is 0 Å². The van der Waals surface area contributed by atoms with Crippen molar-refractivity contribution in [3.8, 4) is 5.75 Å². The Morgan fingerprint density at radius 3 is 2.55 bits per heavy atom. The molecule has 0 aliphatic rings. The Morgan fingerprint density at radius 1 is 1.40 bits per heavy atom. The summed E-state index contributed by atoms with van der Waals surface area (Å²) >= 11 is 0. The molecule has 1 atom stereocenters. The first-order chi connectivity index (χ1) is 9.25. The molecule has 8 heteroatoms. The number of aromatic hydroxyl groups is 1. The highest BCUT2D eigenvalue weighted by atomic mass is 19.4. The SMILES string of the molecule is COCC[C@@H](OC(=O)c1ccc(O)c(F)c1)C(F)(F)F. The lowest BCUT2D eigenvalue weighted by Crippen LogP contribution is -2.34. The fourth-order valence-corrected chi connectivity index (χ4v) is 1.35. The van der Waals surface area contributed by atoms with Gasteiger partial charge in [-0.1, -0.05) is 0 Å². The number of halogens is 4. The standard InChI is InChI=1S/C12H12F4O4/c1-19-5-4-10(12(14,15)16)20-11(18)7-2-3-9(17)8(13)6-7/h2-3,6,10,17H,4-5H2,1H3/t10-/m1/s1. The van der Waals surface area contributed by atoms with Crippen molar-refractivity contribution in [2.45, 2.75) is 18.7 Å². The van der Waals surface area contributed by atoms with Gasteiger partial charge in [-0.25, -0.2) is 9.18 Å². The first-order valence-corrected chi connectivity index (χ1v) is 5.51. The summed E-state index contributed by atoms with van der Waals surface area (Å²) in [6.07, 6.45) is -7.65. The second kappa shape index (κ2) is 6.56. The molecule has 4 nitrogen and oxygen atoms in total. The molecule has 1 rings (SSSR count). The third-order valence-corrected chi connectivity index (χ3v) is 2.38. The van der Waals surface area contributed by atoms with Crippen LogP contribution in [0.2, 0.25) is 0 Å². The van der Waals surface area contributed by atoms with Crippen molar-refractivity contribution in [3.63, 3.8) is 0 Å². The molecule has 0 unspecified atom stereocenters. The molecule has 0 aliphatic carbocycles. The van der Waals surface area contributed by atoms with E-state index in [0.29, 0.717) is 6.07 Å². The largest absolute Gasteiger partial charge is 0.505 e. The van der Waals surface area contributed by atoms with Gasteiger partial charge in [0.15, 0.2) is 17.7 Å². The molecule has 0 saturated heterocycles. The van der Waals surface area contributed by atoms with E-state index in [9.17, 15) is 22.4 Å². The van der Waals surface area contributed by atoms with Crippen LogP contribution < -0.4 is 0 Å². The third-order valence-electron chi connectivity index (χ3n) is 2.38. The number of ether oxygens (including phenoxy) is 2. The van der Waals surface area contributed by atoms with E-state index in [2.05, 4.69) is 9.47 Å². The molecule has 112 valence electrons. The number of esters is 1. The number of phenolic OH excluding ortho intramolecular Hbond substituents is 1. The number of benzene rings is 1. The molecular weight excluding hydrogens is 284 g/mol. The van der Waals surface area contributed by atoms with Crippen LogP contribution in [0.3, 0.4) is 0 Å². The van der Waals surface area contributed by atoms with Gasteiger partial charge < -0.3 is 14.6 Å². The van der Waals surface area contributed by atoms with Crippen LogP contribution in [0.4, 0.5) is 17.6 Å². The van der Waals surface area contributed by atoms with Crippen LogP contribution in [0.5, 0.6) is 5.75 Å². The van der Waals surface area contributed by atoms with Gasteiger partial charge >= 0.3 is 12.1 Å². The van der Waals surface area contributed by atoms with Gasteiger partial charge in [-0.2, -0.15) is 13.2 Å². The average molecular weight is 296 g/mol. The summed E-state index contributed by atoms with van der Waals surface area (Å²) in [7, 11) is 1.21. The Kier molecular flexibility index (Phi) is 5.32. The van der Waals surface area contributed by atoms with Crippen LogP contribution in [0, 0.1) is 5.82 Å². The minimum Gasteiger partial charge on any atom is -0.505 e. The molecule has 1 N–H and O–H groups in total. The van der Waals surface area contributed by atoms with Gasteiger partial charge in [-0.05, 0) is 18.2 Å². The molecule has 0 bridgehead atoms. The predicted octanol–water partition coefficient (Wildman–Crippen LogP) is 2.66. The van der Waals surface area contributed by atoms with Crippen molar-refractivity contribution >= 4 is 5.97 Å². The van der Waals surface area contributed by atoms with Gasteiger partial charge in [0, 0.05) is 13.5 Å². The third kappa shape index (κ3) is 4.37. The summed E-state index contributed by atoms with van der Waals surface area (Å²) in [6.45, 7) is -0.249. The van der Waals surface area contributed by atoms with Gasteiger partial charge in [-0.15, -0.1) is 0 Å². The number of carbonyl (C=O) groups is 1. The van der Waals surface area contributed by atoms with E-state index in [1.165, 1.54) is 7.11 Å². The minimum absolute atomic E-state index is 0.249. The first kappa shape index (κ1) is 16.2. The van der Waals surface area contributed by atoms with Crippen molar-refractivity contribution in [3.05, 3.63) is 29.6 Å². The van der Waals surface area contributed by atoms with E-state index in [4.69, 9.17) is 5.11 Å². The van der Waals surface area contributed by atoms with Crippen molar-refractivity contribution < 1.29 is 36.9 Å². The Labute approximate surface area is 111 Å². The molecule has 0 fully saturated rings. The molecule has 0 heterocycles. The first-order valence-electron chi connectivity index (χ1n) is 5.51. The summed E-state index contributed by atoms with van der Waals surface area (Å²) in [5.41, 5.74) is -0.424. The van der Waals surface area contributed by atoms with Gasteiger partial charge in [0.2, 0.25) is 0 Å². The highest BCUT2D eigenvalue weighted by Gasteiger charge is 2.42. The molecule has 0 amide bonds. The molecule has 0 radical (unpaired) electrons. The zero-order valence-corrected chi connectivity index (χ0v) is 10.4. The van der Waals surface area contributed by atoms with Crippen LogP contribution in [-0.2, 0) is 9.47 Å². The second-order valence-electron chi connectivity index (χ2n) is 3.88. The van der Waals surface area contributed by atoms with E-state index >= 15 is 0 Å². The maximum absolute atomic E-state index is 13.0. The van der Waals surface area contributed by atoms with Gasteiger partial charge in [-0.3, -0.25) is 0 Å². The average Bonchev–Trinajstić information content (AvgIpc) is 2.36. The maximum Gasteiger partial charge on any atom is 0.425 e. The highest BCUT2D eigenvalue weighted by molar-refractivity contribution is 5.89. The molecular formula is C12H12F4O4. The van der Waals surface area contributed by atoms with Crippen LogP contribution in [0.1, 0.15) is 16.8 Å². The fourth-order valence-electron chi connectivity index (χ4n) is 1.35. The number of alkyl halides is 3. The van der Waals surface area contributed by atoms with Crippen LogP contribution in [0.15, 0.2) is 18.2 Å². The summed E-state index contributed by atoms with van der Waals surface area (Å²) in [4.78, 5) is 11.5. The molecule has 0 aliphatic heterocycles. The smallest absolute Gasteiger partial charge is 0.425 e. The van der Waals surface area contributed by atoms with Crippen LogP contribution >= 0.6 is 0 Å². The van der Waals surface area contributed by atoms with E-state index in [1.54, 1.807) is 0 Å². The lowest BCUT2D eigenvalue weighted by Gasteiger charge is -2.20. The van der Waals surface area contributed by atoms with Gasteiger partial charge in [0.05, 0.1) is 12.2 Å². The number of phenols is 1.